The van der Waals surface area contributed by atoms with Gasteiger partial charge in [-0.05, 0) is 37.6 Å². The van der Waals surface area contributed by atoms with Crippen LogP contribution in [0.2, 0.25) is 0 Å². The van der Waals surface area contributed by atoms with Crippen LogP contribution in [0.25, 0.3) is 11.1 Å². The van der Waals surface area contributed by atoms with Crippen LogP contribution in [0.4, 0.5) is 8.78 Å². The molecule has 0 radical (unpaired) electrons. The van der Waals surface area contributed by atoms with Crippen molar-refractivity contribution in [2.24, 2.45) is 0 Å². The molecule has 3 rings (SSSR count). The van der Waals surface area contributed by atoms with E-state index in [9.17, 15) is 18.4 Å². The zero-order chi connectivity index (χ0) is 20.4. The van der Waals surface area contributed by atoms with Gasteiger partial charge in [0.15, 0.2) is 11.6 Å². The number of carboxylic acids is 1. The third-order valence-electron chi connectivity index (χ3n) is 4.22. The van der Waals surface area contributed by atoms with Gasteiger partial charge in [0, 0.05) is 18.8 Å². The van der Waals surface area contributed by atoms with Gasteiger partial charge >= 0.3 is 5.97 Å². The van der Waals surface area contributed by atoms with Crippen LogP contribution >= 0.6 is 0 Å². The van der Waals surface area contributed by atoms with Crippen molar-refractivity contribution in [3.05, 3.63) is 58.4 Å². The molecule has 1 aromatic carbocycles. The van der Waals surface area contributed by atoms with Crippen molar-refractivity contribution >= 4 is 23.0 Å². The Kier molecular flexibility index (Phi) is 5.34. The summed E-state index contributed by atoms with van der Waals surface area (Å²) >= 11 is 0. The van der Waals surface area contributed by atoms with E-state index in [2.05, 4.69) is 10.1 Å². The Morgan fingerprint density at radius 3 is 2.61 bits per heavy atom. The first-order valence-corrected chi connectivity index (χ1v) is 8.45. The molecule has 0 unspecified atom stereocenters. The number of rotatable bonds is 6. The summed E-state index contributed by atoms with van der Waals surface area (Å²) in [7, 11) is 0. The molecule has 7 nitrogen and oxygen atoms in total. The highest BCUT2D eigenvalue weighted by molar-refractivity contribution is 6.06. The molecule has 2 heterocycles. The lowest BCUT2D eigenvalue weighted by atomic mass is 10.1. The van der Waals surface area contributed by atoms with Crippen LogP contribution in [0.15, 0.2) is 28.8 Å². The predicted octanol–water partition coefficient (Wildman–Crippen LogP) is 3.23. The standard InChI is InChI=1S/C19H17F2N3O4/c1-10-7-13(17-11(2)23-28-18(17)22-10)19(27)24(6-5-16(25)26)9-12-3-4-14(20)15(21)8-12/h3-4,7-8H,5-6,9H2,1-2H3,(H,25,26). The maximum absolute atomic E-state index is 13.5. The highest BCUT2D eigenvalue weighted by Gasteiger charge is 2.23. The van der Waals surface area contributed by atoms with Gasteiger partial charge in [0.05, 0.1) is 23.1 Å². The summed E-state index contributed by atoms with van der Waals surface area (Å²) in [5.41, 5.74) is 1.79. The van der Waals surface area contributed by atoms with Crippen LogP contribution in [0.5, 0.6) is 0 Å². The predicted molar refractivity (Wildman–Crippen MR) is 94.6 cm³/mol. The Balaban J connectivity index is 2.00. The first-order chi connectivity index (χ1) is 13.3. The van der Waals surface area contributed by atoms with Gasteiger partial charge in [0.2, 0.25) is 0 Å². The number of carboxylic acid groups (broad SMARTS) is 1. The maximum Gasteiger partial charge on any atom is 0.305 e. The number of halogens is 2. The van der Waals surface area contributed by atoms with E-state index < -0.39 is 23.5 Å². The minimum atomic E-state index is -1.08. The molecule has 146 valence electrons. The Morgan fingerprint density at radius 2 is 1.93 bits per heavy atom. The van der Waals surface area contributed by atoms with E-state index in [1.54, 1.807) is 19.9 Å². The average Bonchev–Trinajstić information content (AvgIpc) is 3.01. The molecule has 0 saturated carbocycles. The second-order valence-electron chi connectivity index (χ2n) is 6.38. The number of amides is 1. The molecule has 0 atom stereocenters. The lowest BCUT2D eigenvalue weighted by Gasteiger charge is -2.23. The Labute approximate surface area is 158 Å². The van der Waals surface area contributed by atoms with E-state index >= 15 is 0 Å². The van der Waals surface area contributed by atoms with E-state index in [1.807, 2.05) is 0 Å². The van der Waals surface area contributed by atoms with Crippen molar-refractivity contribution in [2.75, 3.05) is 6.54 Å². The van der Waals surface area contributed by atoms with Crippen molar-refractivity contribution < 1.29 is 28.0 Å². The number of carbonyl (C=O) groups is 2. The normalized spacial score (nSPS) is 11.0. The van der Waals surface area contributed by atoms with E-state index in [1.165, 1.54) is 11.0 Å². The van der Waals surface area contributed by atoms with Crippen molar-refractivity contribution in [2.45, 2.75) is 26.8 Å². The fourth-order valence-corrected chi connectivity index (χ4v) is 2.90. The quantitative estimate of drug-likeness (QED) is 0.695. The molecule has 0 aliphatic rings. The number of aromatic nitrogens is 2. The minimum Gasteiger partial charge on any atom is -0.481 e. The molecule has 0 aliphatic heterocycles. The van der Waals surface area contributed by atoms with Crippen LogP contribution in [0.1, 0.15) is 33.7 Å². The molecule has 0 aliphatic carbocycles. The summed E-state index contributed by atoms with van der Waals surface area (Å²) in [5.74, 6) is -3.60. The second kappa shape index (κ2) is 7.71. The fourth-order valence-electron chi connectivity index (χ4n) is 2.90. The highest BCUT2D eigenvalue weighted by Crippen LogP contribution is 2.24. The van der Waals surface area contributed by atoms with E-state index in [0.29, 0.717) is 22.3 Å². The van der Waals surface area contributed by atoms with Gasteiger partial charge in [0.25, 0.3) is 11.6 Å². The SMILES string of the molecule is Cc1cc(C(=O)N(CCC(=O)O)Cc2ccc(F)c(F)c2)c2c(C)noc2n1. The molecule has 3 aromatic rings. The summed E-state index contributed by atoms with van der Waals surface area (Å²) < 4.78 is 31.9. The molecule has 2 aromatic heterocycles. The Morgan fingerprint density at radius 1 is 1.18 bits per heavy atom. The third-order valence-corrected chi connectivity index (χ3v) is 4.22. The van der Waals surface area contributed by atoms with Gasteiger partial charge in [-0.25, -0.2) is 13.8 Å². The lowest BCUT2D eigenvalue weighted by molar-refractivity contribution is -0.137. The molecule has 0 bridgehead atoms. The Hall–Kier alpha value is -3.36. The van der Waals surface area contributed by atoms with Crippen LogP contribution in [0.3, 0.4) is 0 Å². The van der Waals surface area contributed by atoms with Crippen LogP contribution < -0.4 is 0 Å². The zero-order valence-corrected chi connectivity index (χ0v) is 15.2. The minimum absolute atomic E-state index is 0.0868. The molecular weight excluding hydrogens is 372 g/mol. The molecule has 0 saturated heterocycles. The highest BCUT2D eigenvalue weighted by atomic mass is 19.2. The summed E-state index contributed by atoms with van der Waals surface area (Å²) in [6.07, 6.45) is -0.300. The van der Waals surface area contributed by atoms with Crippen molar-refractivity contribution in [3.63, 3.8) is 0 Å². The van der Waals surface area contributed by atoms with Crippen LogP contribution in [-0.4, -0.2) is 38.6 Å². The number of benzene rings is 1. The van der Waals surface area contributed by atoms with Gasteiger partial charge in [0.1, 0.15) is 0 Å². The van der Waals surface area contributed by atoms with Crippen molar-refractivity contribution in [3.8, 4) is 0 Å². The average molecular weight is 389 g/mol. The molecule has 1 amide bonds. The lowest BCUT2D eigenvalue weighted by Crippen LogP contribution is -2.33. The zero-order valence-electron chi connectivity index (χ0n) is 15.2. The maximum atomic E-state index is 13.5. The summed E-state index contributed by atoms with van der Waals surface area (Å²) in [5, 5.41) is 13.3. The van der Waals surface area contributed by atoms with Gasteiger partial charge in [-0.3, -0.25) is 9.59 Å². The molecule has 9 heteroatoms. The van der Waals surface area contributed by atoms with E-state index in [0.717, 1.165) is 12.1 Å². The topological polar surface area (TPSA) is 96.5 Å². The summed E-state index contributed by atoms with van der Waals surface area (Å²) in [6, 6.07) is 4.85. The van der Waals surface area contributed by atoms with E-state index in [4.69, 9.17) is 9.63 Å². The van der Waals surface area contributed by atoms with Gasteiger partial charge < -0.3 is 14.5 Å². The number of nitrogens with zero attached hydrogens (tertiary/aromatic N) is 3. The number of pyridine rings is 1. The second-order valence-corrected chi connectivity index (χ2v) is 6.38. The third kappa shape index (κ3) is 3.98. The monoisotopic (exact) mass is 389 g/mol. The number of hydrogen-bond acceptors (Lipinski definition) is 5. The molecule has 0 fully saturated rings. The largest absolute Gasteiger partial charge is 0.481 e. The van der Waals surface area contributed by atoms with Crippen LogP contribution in [-0.2, 0) is 11.3 Å². The van der Waals surface area contributed by atoms with Crippen molar-refractivity contribution in [1.29, 1.82) is 0 Å². The fraction of sp³-hybridized carbons (Fsp3) is 0.263. The van der Waals surface area contributed by atoms with Crippen molar-refractivity contribution in [1.82, 2.24) is 15.0 Å². The molecular formula is C19H17F2N3O4. The van der Waals surface area contributed by atoms with Gasteiger partial charge in [-0.1, -0.05) is 11.2 Å². The van der Waals surface area contributed by atoms with Crippen LogP contribution in [0, 0.1) is 25.5 Å². The van der Waals surface area contributed by atoms with Gasteiger partial charge in [-0.15, -0.1) is 0 Å². The number of aliphatic carboxylic acids is 1. The smallest absolute Gasteiger partial charge is 0.305 e. The van der Waals surface area contributed by atoms with E-state index in [-0.39, 0.29) is 30.8 Å². The first-order valence-electron chi connectivity index (χ1n) is 8.45. The summed E-state index contributed by atoms with van der Waals surface area (Å²) in [6.45, 7) is 3.15. The molecule has 0 spiro atoms. The number of carbonyl (C=O) groups excluding carboxylic acids is 1. The molecule has 1 N–H and O–H groups in total. The number of aryl methyl sites for hydroxylation is 2. The Bertz CT molecular complexity index is 1060. The summed E-state index contributed by atoms with van der Waals surface area (Å²) in [4.78, 5) is 29.7. The number of fused-ring (bicyclic) bond motifs is 1. The number of hydrogen-bond donors (Lipinski definition) is 1. The van der Waals surface area contributed by atoms with Gasteiger partial charge in [-0.2, -0.15) is 0 Å². The first kappa shape index (κ1) is 19.4. The molecule has 28 heavy (non-hydrogen) atoms.